The lowest BCUT2D eigenvalue weighted by Gasteiger charge is -2.12. The minimum atomic E-state index is -0.282. The quantitative estimate of drug-likeness (QED) is 0.294. The molecule has 0 fully saturated rings. The fourth-order valence-corrected chi connectivity index (χ4v) is 2.97. The third kappa shape index (κ3) is 7.84. The molecule has 0 radical (unpaired) electrons. The van der Waals surface area contributed by atoms with E-state index in [0.29, 0.717) is 29.1 Å². The molecule has 3 N–H and O–H groups in total. The Labute approximate surface area is 184 Å². The van der Waals surface area contributed by atoms with Crippen molar-refractivity contribution in [1.29, 1.82) is 0 Å². The van der Waals surface area contributed by atoms with Gasteiger partial charge in [0.15, 0.2) is 5.96 Å². The number of rotatable bonds is 6. The van der Waals surface area contributed by atoms with Crippen LogP contribution in [0.25, 0.3) is 0 Å². The normalized spacial score (nSPS) is 10.7. The van der Waals surface area contributed by atoms with Crippen molar-refractivity contribution < 1.29 is 9.18 Å². The van der Waals surface area contributed by atoms with Crippen molar-refractivity contribution in [2.45, 2.75) is 13.0 Å². The van der Waals surface area contributed by atoms with Gasteiger partial charge in [-0.3, -0.25) is 9.79 Å². The van der Waals surface area contributed by atoms with E-state index in [0.717, 1.165) is 17.5 Å². The number of guanidine groups is 1. The van der Waals surface area contributed by atoms with Gasteiger partial charge in [0.1, 0.15) is 5.82 Å². The monoisotopic (exact) mass is 548 g/mol. The molecule has 2 aromatic rings. The SMILES string of the molecule is CN=C(NCCc1cccc(C(=O)NC)c1)NCc1cc(F)cc(Br)c1.I. The standard InChI is InChI=1S/C19H22BrFN4O.HI/c1-22-18(26)15-5-3-4-13(8-15)6-7-24-19(23-2)25-12-14-9-16(20)11-17(21)10-14;/h3-5,8-11H,6-7,12H2,1-2H3,(H,22,26)(H2,23,24,25);1H. The van der Waals surface area contributed by atoms with E-state index in [1.54, 1.807) is 20.2 Å². The second-order valence-corrected chi connectivity index (χ2v) is 6.58. The zero-order chi connectivity index (χ0) is 18.9. The summed E-state index contributed by atoms with van der Waals surface area (Å²) in [4.78, 5) is 15.8. The summed E-state index contributed by atoms with van der Waals surface area (Å²) < 4.78 is 14.1. The van der Waals surface area contributed by atoms with Crippen LogP contribution in [0.2, 0.25) is 0 Å². The van der Waals surface area contributed by atoms with Crippen LogP contribution in [0.3, 0.4) is 0 Å². The van der Waals surface area contributed by atoms with Gasteiger partial charge >= 0.3 is 0 Å². The van der Waals surface area contributed by atoms with E-state index in [-0.39, 0.29) is 35.7 Å². The Hall–Kier alpha value is -1.68. The summed E-state index contributed by atoms with van der Waals surface area (Å²) in [6, 6.07) is 12.3. The van der Waals surface area contributed by atoms with Gasteiger partial charge in [0.05, 0.1) is 0 Å². The second-order valence-electron chi connectivity index (χ2n) is 5.66. The van der Waals surface area contributed by atoms with E-state index in [1.807, 2.05) is 24.3 Å². The predicted molar refractivity (Wildman–Crippen MR) is 121 cm³/mol. The molecule has 0 aliphatic carbocycles. The second kappa shape index (κ2) is 11.9. The van der Waals surface area contributed by atoms with Crippen LogP contribution < -0.4 is 16.0 Å². The Morgan fingerprint density at radius 2 is 1.93 bits per heavy atom. The van der Waals surface area contributed by atoms with Crippen LogP contribution in [0.5, 0.6) is 0 Å². The fraction of sp³-hybridized carbons (Fsp3) is 0.263. The number of benzene rings is 2. The number of carbonyl (C=O) groups is 1. The number of nitrogens with zero attached hydrogens (tertiary/aromatic N) is 1. The number of hydrogen-bond acceptors (Lipinski definition) is 2. The van der Waals surface area contributed by atoms with Crippen molar-refractivity contribution in [1.82, 2.24) is 16.0 Å². The minimum Gasteiger partial charge on any atom is -0.356 e. The maximum Gasteiger partial charge on any atom is 0.251 e. The highest BCUT2D eigenvalue weighted by atomic mass is 127. The zero-order valence-corrected chi connectivity index (χ0v) is 19.1. The lowest BCUT2D eigenvalue weighted by molar-refractivity contribution is 0.0963. The molecule has 0 aliphatic rings. The summed E-state index contributed by atoms with van der Waals surface area (Å²) >= 11 is 3.28. The van der Waals surface area contributed by atoms with Gasteiger partial charge in [-0.25, -0.2) is 4.39 Å². The van der Waals surface area contributed by atoms with Gasteiger partial charge in [-0.05, 0) is 47.9 Å². The predicted octanol–water partition coefficient (Wildman–Crippen LogP) is 3.47. The molecule has 5 nitrogen and oxygen atoms in total. The molecule has 0 saturated carbocycles. The molecule has 0 unspecified atom stereocenters. The van der Waals surface area contributed by atoms with Crippen LogP contribution in [-0.2, 0) is 13.0 Å². The summed E-state index contributed by atoms with van der Waals surface area (Å²) in [6.45, 7) is 1.12. The van der Waals surface area contributed by atoms with Crippen molar-refractivity contribution in [3.05, 3.63) is 69.4 Å². The molecule has 8 heteroatoms. The molecule has 0 atom stereocenters. The number of halogens is 3. The molecule has 0 aliphatic heterocycles. The van der Waals surface area contributed by atoms with Gasteiger partial charge in [-0.1, -0.05) is 28.1 Å². The zero-order valence-electron chi connectivity index (χ0n) is 15.2. The van der Waals surface area contributed by atoms with E-state index in [4.69, 9.17) is 0 Å². The Bertz CT molecular complexity index is 781. The average Bonchev–Trinajstić information content (AvgIpc) is 2.63. The first-order chi connectivity index (χ1) is 12.5. The molecule has 0 saturated heterocycles. The van der Waals surface area contributed by atoms with E-state index < -0.39 is 0 Å². The Kier molecular flexibility index (Phi) is 10.3. The summed E-state index contributed by atoms with van der Waals surface area (Å²) in [6.07, 6.45) is 0.747. The molecular formula is C19H23BrFIN4O. The van der Waals surface area contributed by atoms with E-state index in [9.17, 15) is 9.18 Å². The van der Waals surface area contributed by atoms with Crippen LogP contribution in [0.1, 0.15) is 21.5 Å². The lowest BCUT2D eigenvalue weighted by Crippen LogP contribution is -2.37. The first-order valence-electron chi connectivity index (χ1n) is 8.22. The molecule has 2 rings (SSSR count). The average molecular weight is 549 g/mol. The molecule has 1 amide bonds. The van der Waals surface area contributed by atoms with E-state index >= 15 is 0 Å². The van der Waals surface area contributed by atoms with Crippen molar-refractivity contribution in [2.75, 3.05) is 20.6 Å². The van der Waals surface area contributed by atoms with Gasteiger partial charge in [0.25, 0.3) is 5.91 Å². The van der Waals surface area contributed by atoms with Crippen LogP contribution in [0.15, 0.2) is 51.9 Å². The van der Waals surface area contributed by atoms with Gasteiger partial charge in [0, 0.05) is 37.2 Å². The largest absolute Gasteiger partial charge is 0.356 e. The summed E-state index contributed by atoms with van der Waals surface area (Å²) in [5.41, 5.74) is 2.52. The smallest absolute Gasteiger partial charge is 0.251 e. The highest BCUT2D eigenvalue weighted by Gasteiger charge is 2.05. The molecule has 146 valence electrons. The van der Waals surface area contributed by atoms with Gasteiger partial charge in [-0.2, -0.15) is 0 Å². The maximum absolute atomic E-state index is 13.4. The Morgan fingerprint density at radius 1 is 1.15 bits per heavy atom. The lowest BCUT2D eigenvalue weighted by atomic mass is 10.1. The minimum absolute atomic E-state index is 0. The topological polar surface area (TPSA) is 65.5 Å². The van der Waals surface area contributed by atoms with Crippen molar-refractivity contribution in [3.8, 4) is 0 Å². The molecular weight excluding hydrogens is 526 g/mol. The van der Waals surface area contributed by atoms with E-state index in [1.165, 1.54) is 12.1 Å². The van der Waals surface area contributed by atoms with Crippen molar-refractivity contribution in [2.24, 2.45) is 4.99 Å². The summed E-state index contributed by atoms with van der Waals surface area (Å²) in [5, 5.41) is 8.98. The number of carbonyl (C=O) groups excluding carboxylic acids is 1. The fourth-order valence-electron chi connectivity index (χ4n) is 2.46. The maximum atomic E-state index is 13.4. The summed E-state index contributed by atoms with van der Waals surface area (Å²) in [7, 11) is 3.30. The molecule has 0 bridgehead atoms. The van der Waals surface area contributed by atoms with Gasteiger partial charge < -0.3 is 16.0 Å². The molecule has 0 spiro atoms. The molecule has 0 aromatic heterocycles. The highest BCUT2D eigenvalue weighted by molar-refractivity contribution is 14.0. The third-order valence-electron chi connectivity index (χ3n) is 3.73. The van der Waals surface area contributed by atoms with Crippen LogP contribution in [0, 0.1) is 5.82 Å². The summed E-state index contributed by atoms with van der Waals surface area (Å²) in [5.74, 6) is 0.251. The first kappa shape index (κ1) is 23.4. The molecule has 27 heavy (non-hydrogen) atoms. The third-order valence-corrected chi connectivity index (χ3v) is 4.19. The number of aliphatic imine (C=N–C) groups is 1. The first-order valence-corrected chi connectivity index (χ1v) is 9.01. The van der Waals surface area contributed by atoms with Gasteiger partial charge in [0.2, 0.25) is 0 Å². The number of nitrogens with one attached hydrogen (secondary N) is 3. The highest BCUT2D eigenvalue weighted by Crippen LogP contribution is 2.14. The Balaban J connectivity index is 0.00000364. The Morgan fingerprint density at radius 3 is 2.59 bits per heavy atom. The molecule has 0 heterocycles. The number of amides is 1. The van der Waals surface area contributed by atoms with Gasteiger partial charge in [-0.15, -0.1) is 24.0 Å². The van der Waals surface area contributed by atoms with Crippen molar-refractivity contribution in [3.63, 3.8) is 0 Å². The van der Waals surface area contributed by atoms with Crippen molar-refractivity contribution >= 4 is 51.8 Å². The van der Waals surface area contributed by atoms with Crippen LogP contribution in [0.4, 0.5) is 4.39 Å². The number of hydrogen-bond donors (Lipinski definition) is 3. The molecule has 2 aromatic carbocycles. The van der Waals surface area contributed by atoms with Crippen LogP contribution in [-0.4, -0.2) is 32.5 Å². The van der Waals surface area contributed by atoms with Crippen LogP contribution >= 0.6 is 39.9 Å². The van der Waals surface area contributed by atoms with E-state index in [2.05, 4.69) is 36.9 Å².